The Morgan fingerprint density at radius 2 is 1.56 bits per heavy atom. The van der Waals surface area contributed by atoms with Gasteiger partial charge in [0.1, 0.15) is 0 Å². The third kappa shape index (κ3) is 5.76. The van der Waals surface area contributed by atoms with E-state index in [1.807, 2.05) is 0 Å². The van der Waals surface area contributed by atoms with Gasteiger partial charge < -0.3 is 15.4 Å². The Kier molecular flexibility index (Phi) is 7.74. The summed E-state index contributed by atoms with van der Waals surface area (Å²) in [6.45, 7) is 2.92. The molecule has 9 nitrogen and oxygen atoms in total. The lowest BCUT2D eigenvalue weighted by atomic mass is 10.2. The van der Waals surface area contributed by atoms with E-state index in [0.29, 0.717) is 37.7 Å². The van der Waals surface area contributed by atoms with Crippen molar-refractivity contribution in [2.24, 2.45) is 0 Å². The van der Waals surface area contributed by atoms with Crippen molar-refractivity contribution in [3.63, 3.8) is 0 Å². The Hall–Kier alpha value is -3.25. The maximum atomic E-state index is 13.2. The summed E-state index contributed by atoms with van der Waals surface area (Å²) in [5.41, 5.74) is 1.50. The predicted molar refractivity (Wildman–Crippen MR) is 136 cm³/mol. The molecule has 3 aromatic carbocycles. The molecule has 4 rings (SSSR count). The summed E-state index contributed by atoms with van der Waals surface area (Å²) in [5, 5.41) is 5.60. The van der Waals surface area contributed by atoms with Gasteiger partial charge in [0, 0.05) is 18.8 Å². The number of hydrogen-bond acceptors (Lipinski definition) is 7. The molecule has 0 bridgehead atoms. The fourth-order valence-corrected chi connectivity index (χ4v) is 6.70. The van der Waals surface area contributed by atoms with Gasteiger partial charge in [-0.3, -0.25) is 4.79 Å². The van der Waals surface area contributed by atoms with E-state index in [-0.39, 0.29) is 21.2 Å². The molecular weight excluding hydrogens is 502 g/mol. The summed E-state index contributed by atoms with van der Waals surface area (Å²) >= 11 is 0. The van der Waals surface area contributed by atoms with E-state index in [1.165, 1.54) is 40.7 Å². The lowest BCUT2D eigenvalue weighted by molar-refractivity contribution is -0.114. The molecule has 36 heavy (non-hydrogen) atoms. The Morgan fingerprint density at radius 3 is 2.22 bits per heavy atom. The predicted octanol–water partition coefficient (Wildman–Crippen LogP) is 2.90. The summed E-state index contributed by atoms with van der Waals surface area (Å²) in [6.07, 6.45) is 0. The average molecular weight is 530 g/mol. The third-order valence-electron chi connectivity index (χ3n) is 5.67. The minimum Gasteiger partial charge on any atom is -0.379 e. The first-order valence-corrected chi connectivity index (χ1v) is 14.2. The van der Waals surface area contributed by atoms with E-state index in [2.05, 4.69) is 10.6 Å². The number of nitrogens with one attached hydrogen (secondary N) is 2. The topological polar surface area (TPSA) is 122 Å². The molecule has 0 spiro atoms. The Bertz CT molecular complexity index is 1430. The van der Waals surface area contributed by atoms with Gasteiger partial charge in [-0.1, -0.05) is 24.3 Å². The molecule has 2 N–H and O–H groups in total. The molecule has 0 atom stereocenters. The van der Waals surface area contributed by atoms with Crippen LogP contribution >= 0.6 is 0 Å². The molecule has 0 aliphatic carbocycles. The second-order valence-corrected chi connectivity index (χ2v) is 12.1. The summed E-state index contributed by atoms with van der Waals surface area (Å²) in [7, 11) is -7.42. The van der Waals surface area contributed by atoms with Crippen molar-refractivity contribution in [3.05, 3.63) is 78.4 Å². The van der Waals surface area contributed by atoms with Crippen molar-refractivity contribution >= 4 is 37.1 Å². The van der Waals surface area contributed by atoms with Crippen LogP contribution in [0, 0.1) is 6.92 Å². The average Bonchev–Trinajstić information content (AvgIpc) is 2.89. The van der Waals surface area contributed by atoms with Crippen molar-refractivity contribution < 1.29 is 26.4 Å². The standard InChI is InChI=1S/C25H27N3O6S2/c1-19-7-12-23(24(17-19)35(30,31)21-5-3-2-4-6-21)26-18-25(29)27-20-8-10-22(11-9-20)36(32,33)28-13-15-34-16-14-28/h2-12,17,26H,13-16,18H2,1H3,(H,27,29). The summed E-state index contributed by atoms with van der Waals surface area (Å²) in [4.78, 5) is 12.9. The second-order valence-electron chi connectivity index (χ2n) is 8.26. The molecule has 1 amide bonds. The van der Waals surface area contributed by atoms with Crippen molar-refractivity contribution in [1.29, 1.82) is 0 Å². The number of rotatable bonds is 8. The zero-order chi connectivity index (χ0) is 25.8. The van der Waals surface area contributed by atoms with Crippen LogP contribution in [0.4, 0.5) is 11.4 Å². The van der Waals surface area contributed by atoms with Crippen LogP contribution in [0.2, 0.25) is 0 Å². The lowest BCUT2D eigenvalue weighted by Gasteiger charge is -2.26. The Labute approximate surface area is 211 Å². The van der Waals surface area contributed by atoms with E-state index < -0.39 is 25.8 Å². The van der Waals surface area contributed by atoms with E-state index in [1.54, 1.807) is 43.3 Å². The van der Waals surface area contributed by atoms with Gasteiger partial charge in [0.05, 0.1) is 40.1 Å². The summed E-state index contributed by atoms with van der Waals surface area (Å²) in [6, 6.07) is 19.0. The van der Waals surface area contributed by atoms with E-state index in [9.17, 15) is 21.6 Å². The van der Waals surface area contributed by atoms with Crippen LogP contribution in [-0.4, -0.2) is 59.9 Å². The number of morpholine rings is 1. The molecule has 11 heteroatoms. The molecular formula is C25H27N3O6S2. The molecule has 1 heterocycles. The molecule has 1 aliphatic rings. The largest absolute Gasteiger partial charge is 0.379 e. The normalized spacial score (nSPS) is 14.8. The maximum absolute atomic E-state index is 13.2. The number of ether oxygens (including phenoxy) is 1. The maximum Gasteiger partial charge on any atom is 0.243 e. The zero-order valence-corrected chi connectivity index (χ0v) is 21.3. The van der Waals surface area contributed by atoms with Gasteiger partial charge >= 0.3 is 0 Å². The highest BCUT2D eigenvalue weighted by Crippen LogP contribution is 2.28. The Balaban J connectivity index is 1.43. The second kappa shape index (κ2) is 10.8. The Morgan fingerprint density at radius 1 is 0.889 bits per heavy atom. The number of aryl methyl sites for hydroxylation is 1. The molecule has 0 radical (unpaired) electrons. The highest BCUT2D eigenvalue weighted by molar-refractivity contribution is 7.91. The first-order valence-electron chi connectivity index (χ1n) is 11.3. The van der Waals surface area contributed by atoms with Crippen LogP contribution in [0.3, 0.4) is 0 Å². The fraction of sp³-hybridized carbons (Fsp3) is 0.240. The van der Waals surface area contributed by atoms with Gasteiger partial charge in [0.15, 0.2) is 0 Å². The van der Waals surface area contributed by atoms with Crippen molar-refractivity contribution in [2.75, 3.05) is 43.5 Å². The van der Waals surface area contributed by atoms with Crippen molar-refractivity contribution in [1.82, 2.24) is 4.31 Å². The highest BCUT2D eigenvalue weighted by atomic mass is 32.2. The van der Waals surface area contributed by atoms with Gasteiger partial charge in [0.2, 0.25) is 25.8 Å². The quantitative estimate of drug-likeness (QED) is 0.460. The highest BCUT2D eigenvalue weighted by Gasteiger charge is 2.26. The monoisotopic (exact) mass is 529 g/mol. The molecule has 0 saturated carbocycles. The number of sulfone groups is 1. The SMILES string of the molecule is Cc1ccc(NCC(=O)Nc2ccc(S(=O)(=O)N3CCOCC3)cc2)c(S(=O)(=O)c2ccccc2)c1. The summed E-state index contributed by atoms with van der Waals surface area (Å²) in [5.74, 6) is -0.414. The number of anilines is 2. The van der Waals surface area contributed by atoms with Crippen LogP contribution in [0.15, 0.2) is 87.5 Å². The molecule has 0 aromatic heterocycles. The zero-order valence-electron chi connectivity index (χ0n) is 19.7. The summed E-state index contributed by atoms with van der Waals surface area (Å²) < 4.78 is 58.4. The van der Waals surface area contributed by atoms with Gasteiger partial charge in [0.25, 0.3) is 0 Å². The fourth-order valence-electron chi connectivity index (χ4n) is 3.75. The van der Waals surface area contributed by atoms with Crippen molar-refractivity contribution in [2.45, 2.75) is 21.6 Å². The number of amides is 1. The number of carbonyl (C=O) groups is 1. The van der Waals surface area contributed by atoms with Crippen LogP contribution < -0.4 is 10.6 Å². The van der Waals surface area contributed by atoms with Crippen LogP contribution in [0.25, 0.3) is 0 Å². The van der Waals surface area contributed by atoms with Gasteiger partial charge in [-0.05, 0) is 61.0 Å². The van der Waals surface area contributed by atoms with Crippen LogP contribution in [0.5, 0.6) is 0 Å². The number of benzene rings is 3. The van der Waals surface area contributed by atoms with E-state index in [0.717, 1.165) is 5.56 Å². The molecule has 3 aromatic rings. The molecule has 1 aliphatic heterocycles. The smallest absolute Gasteiger partial charge is 0.243 e. The van der Waals surface area contributed by atoms with E-state index in [4.69, 9.17) is 4.74 Å². The van der Waals surface area contributed by atoms with Gasteiger partial charge in [-0.15, -0.1) is 0 Å². The number of sulfonamides is 1. The minimum absolute atomic E-state index is 0.0826. The lowest BCUT2D eigenvalue weighted by Crippen LogP contribution is -2.40. The first-order chi connectivity index (χ1) is 17.2. The van der Waals surface area contributed by atoms with Crippen LogP contribution in [0.1, 0.15) is 5.56 Å². The van der Waals surface area contributed by atoms with Gasteiger partial charge in [-0.25, -0.2) is 16.8 Å². The molecule has 190 valence electrons. The molecule has 1 saturated heterocycles. The number of hydrogen-bond donors (Lipinski definition) is 2. The molecule has 0 unspecified atom stereocenters. The number of carbonyl (C=O) groups excluding carboxylic acids is 1. The van der Waals surface area contributed by atoms with Crippen LogP contribution in [-0.2, 0) is 29.4 Å². The van der Waals surface area contributed by atoms with Gasteiger partial charge in [-0.2, -0.15) is 4.31 Å². The number of nitrogens with zero attached hydrogens (tertiary/aromatic N) is 1. The molecule has 1 fully saturated rings. The minimum atomic E-state index is -3.79. The van der Waals surface area contributed by atoms with E-state index >= 15 is 0 Å². The first kappa shape index (κ1) is 25.8. The van der Waals surface area contributed by atoms with Crippen molar-refractivity contribution in [3.8, 4) is 0 Å². The third-order valence-corrected chi connectivity index (χ3v) is 9.39.